The first-order chi connectivity index (χ1) is 17.6. The first-order valence-electron chi connectivity index (χ1n) is 12.2. The minimum Gasteiger partial charge on any atom is -0.472 e. The van der Waals surface area contributed by atoms with Crippen LogP contribution in [0.1, 0.15) is 49.5 Å². The van der Waals surface area contributed by atoms with Crippen molar-refractivity contribution in [3.63, 3.8) is 0 Å². The van der Waals surface area contributed by atoms with Crippen LogP contribution in [0.15, 0.2) is 30.5 Å². The molecule has 0 spiro atoms. The average molecular weight is 515 g/mol. The second-order valence-electron chi connectivity index (χ2n) is 9.19. The van der Waals surface area contributed by atoms with Crippen LogP contribution in [0.3, 0.4) is 0 Å². The summed E-state index contributed by atoms with van der Waals surface area (Å²) in [6.45, 7) is 5.72. The highest BCUT2D eigenvalue weighted by molar-refractivity contribution is 5.97. The van der Waals surface area contributed by atoms with Crippen LogP contribution in [0.2, 0.25) is 0 Å². The minimum atomic E-state index is -0.762. The van der Waals surface area contributed by atoms with Gasteiger partial charge in [-0.05, 0) is 31.5 Å². The number of urea groups is 1. The topological polar surface area (TPSA) is 95.0 Å². The Morgan fingerprint density at radius 3 is 2.84 bits per heavy atom. The molecule has 10 heteroatoms. The number of unbranched alkanes of at least 4 members (excludes halogenated alkanes) is 1. The number of ether oxygens (including phenoxy) is 1. The fraction of sp³-hybridized carbons (Fsp3) is 0.444. The van der Waals surface area contributed by atoms with Crippen LogP contribution < -0.4 is 10.1 Å². The molecule has 1 aromatic carbocycles. The maximum absolute atomic E-state index is 14.0. The van der Waals surface area contributed by atoms with Gasteiger partial charge in [-0.15, -0.1) is 0 Å². The average Bonchev–Trinajstić information content (AvgIpc) is 2.88. The number of carbonyl (C=O) groups is 2. The van der Waals surface area contributed by atoms with Crippen molar-refractivity contribution in [1.29, 1.82) is 0 Å². The number of halogens is 2. The Morgan fingerprint density at radius 1 is 1.38 bits per heavy atom. The Bertz CT molecular complexity index is 1200. The Kier molecular flexibility index (Phi) is 9.42. The highest BCUT2D eigenvalue weighted by Gasteiger charge is 2.34. The number of likely N-dealkylation sites (N-methyl/N-ethyl adjacent to an activating group) is 1. The van der Waals surface area contributed by atoms with Crippen molar-refractivity contribution >= 4 is 17.6 Å². The predicted octanol–water partition coefficient (Wildman–Crippen LogP) is 3.90. The molecule has 198 valence electrons. The number of anilines is 1. The summed E-state index contributed by atoms with van der Waals surface area (Å²) in [5, 5.41) is 12.1. The molecule has 2 heterocycles. The SMILES string of the molecule is CCCC#Cc1cnc2c(c1)C(=O)N([C@@H](C)CO)C[C@@H](C)[C@@H](CN(C)C(=O)Nc1cc(F)ccc1F)O2. The van der Waals surface area contributed by atoms with Crippen molar-refractivity contribution in [3.8, 4) is 17.7 Å². The summed E-state index contributed by atoms with van der Waals surface area (Å²) in [6, 6.07) is 3.30. The van der Waals surface area contributed by atoms with E-state index in [0.717, 1.165) is 24.6 Å². The van der Waals surface area contributed by atoms with Gasteiger partial charge in [0.15, 0.2) is 0 Å². The van der Waals surface area contributed by atoms with E-state index in [9.17, 15) is 23.5 Å². The molecule has 0 bridgehead atoms. The molecule has 0 saturated heterocycles. The molecule has 1 aliphatic heterocycles. The van der Waals surface area contributed by atoms with Crippen molar-refractivity contribution < 1.29 is 28.2 Å². The number of rotatable bonds is 6. The number of hydrogen-bond donors (Lipinski definition) is 2. The van der Waals surface area contributed by atoms with Crippen LogP contribution in [-0.2, 0) is 0 Å². The van der Waals surface area contributed by atoms with Gasteiger partial charge in [-0.2, -0.15) is 0 Å². The maximum atomic E-state index is 14.0. The van der Waals surface area contributed by atoms with E-state index in [0.29, 0.717) is 12.0 Å². The number of nitrogens with one attached hydrogen (secondary N) is 1. The lowest BCUT2D eigenvalue weighted by Gasteiger charge is -2.37. The molecule has 8 nitrogen and oxygen atoms in total. The van der Waals surface area contributed by atoms with Crippen LogP contribution in [0.25, 0.3) is 0 Å². The van der Waals surface area contributed by atoms with Crippen LogP contribution >= 0.6 is 0 Å². The molecule has 2 N–H and O–H groups in total. The van der Waals surface area contributed by atoms with E-state index in [4.69, 9.17) is 4.74 Å². The molecule has 0 fully saturated rings. The van der Waals surface area contributed by atoms with Crippen molar-refractivity contribution in [2.45, 2.75) is 45.8 Å². The second-order valence-corrected chi connectivity index (χ2v) is 9.19. The Balaban J connectivity index is 1.88. The lowest BCUT2D eigenvalue weighted by atomic mass is 10.00. The number of amides is 3. The first-order valence-corrected chi connectivity index (χ1v) is 12.2. The molecule has 0 unspecified atom stereocenters. The Labute approximate surface area is 215 Å². The Hall–Kier alpha value is -3.71. The van der Waals surface area contributed by atoms with Gasteiger partial charge in [0.2, 0.25) is 5.88 Å². The molecule has 0 saturated carbocycles. The van der Waals surface area contributed by atoms with E-state index in [2.05, 4.69) is 22.1 Å². The third-order valence-corrected chi connectivity index (χ3v) is 6.10. The van der Waals surface area contributed by atoms with Crippen LogP contribution in [0.5, 0.6) is 5.88 Å². The summed E-state index contributed by atoms with van der Waals surface area (Å²) >= 11 is 0. The van der Waals surface area contributed by atoms with Gasteiger partial charge >= 0.3 is 6.03 Å². The zero-order valence-electron chi connectivity index (χ0n) is 21.4. The van der Waals surface area contributed by atoms with Gasteiger partial charge in [0.05, 0.1) is 24.9 Å². The summed E-state index contributed by atoms with van der Waals surface area (Å²) in [5.41, 5.74) is 0.509. The third-order valence-electron chi connectivity index (χ3n) is 6.10. The summed E-state index contributed by atoms with van der Waals surface area (Å²) in [6.07, 6.45) is 2.55. The van der Waals surface area contributed by atoms with E-state index in [1.165, 1.54) is 18.1 Å². The molecule has 0 aliphatic carbocycles. The number of aromatic nitrogens is 1. The number of nitrogens with zero attached hydrogens (tertiary/aromatic N) is 3. The van der Waals surface area contributed by atoms with E-state index >= 15 is 0 Å². The molecular formula is C27H32F2N4O4. The number of pyridine rings is 1. The molecular weight excluding hydrogens is 482 g/mol. The zero-order valence-corrected chi connectivity index (χ0v) is 21.4. The number of fused-ring (bicyclic) bond motifs is 1. The molecule has 37 heavy (non-hydrogen) atoms. The smallest absolute Gasteiger partial charge is 0.321 e. The number of hydrogen-bond acceptors (Lipinski definition) is 5. The summed E-state index contributed by atoms with van der Waals surface area (Å²) < 4.78 is 33.7. The van der Waals surface area contributed by atoms with Crippen molar-refractivity contribution in [3.05, 3.63) is 53.2 Å². The standard InChI is InChI=1S/C27H32F2N4O4/c1-5-6-7-8-19-11-21-25(30-13-19)37-24(17(2)14-33(26(21)35)18(3)16-34)15-32(4)27(36)31-23-12-20(28)9-10-22(23)29/h9-13,17-18,24,34H,5-6,14-16H2,1-4H3,(H,31,36)/t17-,18+,24-/m1/s1. The van der Waals surface area contributed by atoms with Gasteiger partial charge < -0.3 is 25.0 Å². The highest BCUT2D eigenvalue weighted by Crippen LogP contribution is 2.27. The van der Waals surface area contributed by atoms with Gasteiger partial charge in [0.1, 0.15) is 23.3 Å². The van der Waals surface area contributed by atoms with E-state index in [-0.39, 0.29) is 48.7 Å². The predicted molar refractivity (Wildman–Crippen MR) is 135 cm³/mol. The summed E-state index contributed by atoms with van der Waals surface area (Å²) in [5.74, 6) is 4.09. The highest BCUT2D eigenvalue weighted by atomic mass is 19.1. The molecule has 2 aromatic rings. The van der Waals surface area contributed by atoms with Gasteiger partial charge in [-0.25, -0.2) is 18.6 Å². The lowest BCUT2D eigenvalue weighted by Crippen LogP contribution is -2.50. The van der Waals surface area contributed by atoms with Gasteiger partial charge in [0.25, 0.3) is 5.91 Å². The van der Waals surface area contributed by atoms with Crippen molar-refractivity contribution in [1.82, 2.24) is 14.8 Å². The van der Waals surface area contributed by atoms with Crippen LogP contribution in [-0.4, -0.2) is 70.7 Å². The van der Waals surface area contributed by atoms with Crippen LogP contribution in [0.4, 0.5) is 19.3 Å². The maximum Gasteiger partial charge on any atom is 0.321 e. The first kappa shape index (κ1) is 27.9. The summed E-state index contributed by atoms with van der Waals surface area (Å²) in [7, 11) is 1.50. The molecule has 1 aromatic heterocycles. The fourth-order valence-corrected chi connectivity index (χ4v) is 3.83. The molecule has 3 atom stereocenters. The van der Waals surface area contributed by atoms with Crippen molar-refractivity contribution in [2.24, 2.45) is 5.92 Å². The minimum absolute atomic E-state index is 0.0681. The number of carbonyl (C=O) groups excluding carboxylic acids is 2. The van der Waals surface area contributed by atoms with E-state index in [1.807, 2.05) is 13.8 Å². The molecule has 1 aliphatic rings. The fourth-order valence-electron chi connectivity index (χ4n) is 3.83. The van der Waals surface area contributed by atoms with E-state index < -0.39 is 29.8 Å². The third kappa shape index (κ3) is 6.95. The molecule has 3 amide bonds. The summed E-state index contributed by atoms with van der Waals surface area (Å²) in [4.78, 5) is 33.4. The number of aliphatic hydroxyl groups excluding tert-OH is 1. The Morgan fingerprint density at radius 2 is 2.14 bits per heavy atom. The van der Waals surface area contributed by atoms with Gasteiger partial charge in [-0.1, -0.05) is 25.7 Å². The quantitative estimate of drug-likeness (QED) is 0.571. The van der Waals surface area contributed by atoms with Gasteiger partial charge in [0, 0.05) is 43.8 Å². The lowest BCUT2D eigenvalue weighted by molar-refractivity contribution is 0.0356. The van der Waals surface area contributed by atoms with Crippen LogP contribution in [0, 0.1) is 29.4 Å². The second kappa shape index (κ2) is 12.5. The number of benzene rings is 1. The largest absolute Gasteiger partial charge is 0.472 e. The molecule has 3 rings (SSSR count). The van der Waals surface area contributed by atoms with E-state index in [1.54, 1.807) is 17.9 Å². The van der Waals surface area contributed by atoms with Crippen molar-refractivity contribution in [2.75, 3.05) is 32.1 Å². The van der Waals surface area contributed by atoms with Gasteiger partial charge in [-0.3, -0.25) is 4.79 Å². The monoisotopic (exact) mass is 514 g/mol. The normalized spacial score (nSPS) is 17.9. The molecule has 0 radical (unpaired) electrons. The number of aliphatic hydroxyl groups is 1. The zero-order chi connectivity index (χ0) is 27.1.